The molecule has 0 spiro atoms. The lowest BCUT2D eigenvalue weighted by molar-refractivity contribution is -0.192. The normalized spacial score (nSPS) is 23.2. The summed E-state index contributed by atoms with van der Waals surface area (Å²) >= 11 is 1.73. The SMILES string of the molecule is Cc1nc([C@H]2C[C@H]3CN(C(=O)c4cnoc4C)CC[C@@H]3O2)sc1C.O=C(O)C(F)(F)F. The highest BCUT2D eigenvalue weighted by Gasteiger charge is 2.42. The highest BCUT2D eigenvalue weighted by molar-refractivity contribution is 7.11. The van der Waals surface area contributed by atoms with Crippen molar-refractivity contribution in [2.45, 2.75) is 52.0 Å². The molecule has 2 aliphatic heterocycles. The first-order valence-corrected chi connectivity index (χ1v) is 10.4. The zero-order valence-electron chi connectivity index (χ0n) is 17.1. The van der Waals surface area contributed by atoms with Crippen LogP contribution in [-0.2, 0) is 9.53 Å². The highest BCUT2D eigenvalue weighted by Crippen LogP contribution is 2.42. The third kappa shape index (κ3) is 5.24. The monoisotopic (exact) mass is 461 g/mol. The molecule has 2 saturated heterocycles. The van der Waals surface area contributed by atoms with E-state index in [-0.39, 0.29) is 18.1 Å². The smallest absolute Gasteiger partial charge is 0.475 e. The average Bonchev–Trinajstić information content (AvgIpc) is 3.39. The number of aromatic nitrogens is 2. The van der Waals surface area contributed by atoms with Crippen LogP contribution in [0.2, 0.25) is 0 Å². The van der Waals surface area contributed by atoms with Crippen molar-refractivity contribution in [1.29, 1.82) is 0 Å². The number of aryl methyl sites for hydroxylation is 3. The fourth-order valence-corrected chi connectivity index (χ4v) is 4.58. The zero-order valence-corrected chi connectivity index (χ0v) is 17.9. The standard InChI is InChI=1S/C17H21N3O3S.C2HF3O2/c1-9-11(3)24-16(19-9)15-6-12-8-20(5-4-14(12)22-15)17(21)13-7-18-23-10(13)2;3-2(4,5)1(6)7/h7,12,14-15H,4-6,8H2,1-3H3;(H,6,7)/t12-,14-,15+;/m0./s1. The summed E-state index contributed by atoms with van der Waals surface area (Å²) in [6.07, 6.45) is -1.46. The van der Waals surface area contributed by atoms with Crippen molar-refractivity contribution < 1.29 is 37.1 Å². The summed E-state index contributed by atoms with van der Waals surface area (Å²) in [6.45, 7) is 7.36. The zero-order chi connectivity index (χ0) is 22.9. The van der Waals surface area contributed by atoms with Gasteiger partial charge >= 0.3 is 12.1 Å². The number of aliphatic carboxylic acids is 1. The Morgan fingerprint density at radius 1 is 1.29 bits per heavy atom. The van der Waals surface area contributed by atoms with Crippen LogP contribution in [0.4, 0.5) is 13.2 Å². The minimum Gasteiger partial charge on any atom is -0.475 e. The molecule has 0 unspecified atom stereocenters. The Bertz CT molecular complexity index is 938. The minimum atomic E-state index is -5.08. The number of carboxylic acid groups (broad SMARTS) is 1. The van der Waals surface area contributed by atoms with Crippen molar-refractivity contribution in [2.75, 3.05) is 13.1 Å². The molecule has 2 aromatic heterocycles. The molecule has 4 rings (SSSR count). The molecule has 2 aromatic rings. The number of halogens is 3. The van der Waals surface area contributed by atoms with Gasteiger partial charge in [0.2, 0.25) is 0 Å². The van der Waals surface area contributed by atoms with Crippen LogP contribution in [0.5, 0.6) is 0 Å². The number of carbonyl (C=O) groups is 2. The molecule has 4 heterocycles. The Hall–Kier alpha value is -2.47. The van der Waals surface area contributed by atoms with Crippen LogP contribution >= 0.6 is 11.3 Å². The summed E-state index contributed by atoms with van der Waals surface area (Å²) < 4.78 is 43.0. The van der Waals surface area contributed by atoms with Crippen LogP contribution in [0.3, 0.4) is 0 Å². The molecule has 8 nitrogen and oxygen atoms in total. The topological polar surface area (TPSA) is 106 Å². The molecule has 170 valence electrons. The van der Waals surface area contributed by atoms with Gasteiger partial charge in [0.05, 0.1) is 18.0 Å². The third-order valence-corrected chi connectivity index (χ3v) is 6.52. The molecule has 0 bridgehead atoms. The quantitative estimate of drug-likeness (QED) is 0.727. The minimum absolute atomic E-state index is 0.0107. The number of hydrogen-bond acceptors (Lipinski definition) is 7. The Balaban J connectivity index is 0.000000339. The molecule has 2 aliphatic rings. The van der Waals surface area contributed by atoms with Gasteiger partial charge in [0, 0.05) is 23.9 Å². The van der Waals surface area contributed by atoms with Crippen molar-refractivity contribution in [2.24, 2.45) is 5.92 Å². The Morgan fingerprint density at radius 2 is 1.97 bits per heavy atom. The molecule has 2 fully saturated rings. The number of thiazole rings is 1. The van der Waals surface area contributed by atoms with Gasteiger partial charge in [-0.15, -0.1) is 11.3 Å². The second-order valence-corrected chi connectivity index (χ2v) is 8.73. The summed E-state index contributed by atoms with van der Waals surface area (Å²) in [4.78, 5) is 29.3. The van der Waals surface area contributed by atoms with Gasteiger partial charge in [-0.3, -0.25) is 4.79 Å². The summed E-state index contributed by atoms with van der Waals surface area (Å²) in [6, 6.07) is 0. The van der Waals surface area contributed by atoms with Crippen LogP contribution in [0.15, 0.2) is 10.7 Å². The number of alkyl halides is 3. The van der Waals surface area contributed by atoms with Gasteiger partial charge in [-0.1, -0.05) is 5.16 Å². The van der Waals surface area contributed by atoms with Crippen molar-refractivity contribution in [3.05, 3.63) is 33.1 Å². The second-order valence-electron chi connectivity index (χ2n) is 7.49. The number of ether oxygens (including phenoxy) is 1. The molecule has 1 amide bonds. The first kappa shape index (κ1) is 23.2. The third-order valence-electron chi connectivity index (χ3n) is 5.35. The number of nitrogens with zero attached hydrogens (tertiary/aromatic N) is 3. The van der Waals surface area contributed by atoms with Gasteiger partial charge in [-0.2, -0.15) is 13.2 Å². The number of hydrogen-bond donors (Lipinski definition) is 1. The predicted octanol–water partition coefficient (Wildman–Crippen LogP) is 3.68. The predicted molar refractivity (Wildman–Crippen MR) is 103 cm³/mol. The van der Waals surface area contributed by atoms with Crippen molar-refractivity contribution in [3.63, 3.8) is 0 Å². The molecular formula is C19H22F3N3O5S. The van der Waals surface area contributed by atoms with E-state index in [0.717, 1.165) is 30.1 Å². The van der Waals surface area contributed by atoms with Gasteiger partial charge in [0.25, 0.3) is 5.91 Å². The van der Waals surface area contributed by atoms with E-state index in [1.54, 1.807) is 18.3 Å². The van der Waals surface area contributed by atoms with Crippen molar-refractivity contribution in [1.82, 2.24) is 15.0 Å². The van der Waals surface area contributed by atoms with Gasteiger partial charge in [-0.05, 0) is 33.6 Å². The number of rotatable bonds is 2. The number of carboxylic acids is 1. The number of carbonyl (C=O) groups excluding carboxylic acids is 1. The van der Waals surface area contributed by atoms with E-state index in [0.29, 0.717) is 23.8 Å². The largest absolute Gasteiger partial charge is 0.490 e. The summed E-state index contributed by atoms with van der Waals surface area (Å²) in [5, 5.41) is 11.9. The number of amides is 1. The highest BCUT2D eigenvalue weighted by atomic mass is 32.1. The fraction of sp³-hybridized carbons (Fsp3) is 0.579. The molecule has 0 saturated carbocycles. The first-order valence-electron chi connectivity index (χ1n) is 9.57. The van der Waals surface area contributed by atoms with Crippen LogP contribution < -0.4 is 0 Å². The van der Waals surface area contributed by atoms with E-state index < -0.39 is 12.1 Å². The van der Waals surface area contributed by atoms with Crippen LogP contribution in [0, 0.1) is 26.7 Å². The fourth-order valence-electron chi connectivity index (χ4n) is 3.61. The number of likely N-dealkylation sites (tertiary alicyclic amines) is 1. The van der Waals surface area contributed by atoms with Gasteiger partial charge in [0.1, 0.15) is 22.4 Å². The van der Waals surface area contributed by atoms with E-state index in [2.05, 4.69) is 17.1 Å². The van der Waals surface area contributed by atoms with Crippen LogP contribution in [0.25, 0.3) is 0 Å². The Kier molecular flexibility index (Phi) is 6.70. The first-order chi connectivity index (χ1) is 14.5. The summed E-state index contributed by atoms with van der Waals surface area (Å²) in [5.41, 5.74) is 1.66. The molecule has 0 aromatic carbocycles. The Morgan fingerprint density at radius 3 is 2.48 bits per heavy atom. The molecule has 0 radical (unpaired) electrons. The lowest BCUT2D eigenvalue weighted by atomic mass is 9.92. The molecule has 0 aliphatic carbocycles. The number of fused-ring (bicyclic) bond motifs is 1. The van der Waals surface area contributed by atoms with Gasteiger partial charge in [-0.25, -0.2) is 9.78 Å². The summed E-state index contributed by atoms with van der Waals surface area (Å²) in [7, 11) is 0. The lowest BCUT2D eigenvalue weighted by Gasteiger charge is -2.33. The van der Waals surface area contributed by atoms with E-state index in [1.165, 1.54) is 11.1 Å². The van der Waals surface area contributed by atoms with Crippen LogP contribution in [-0.4, -0.2) is 57.4 Å². The lowest BCUT2D eigenvalue weighted by Crippen LogP contribution is -2.44. The molecular weight excluding hydrogens is 439 g/mol. The van der Waals surface area contributed by atoms with Gasteiger partial charge < -0.3 is 19.3 Å². The average molecular weight is 461 g/mol. The molecule has 12 heteroatoms. The second kappa shape index (κ2) is 8.95. The van der Waals surface area contributed by atoms with E-state index >= 15 is 0 Å². The number of piperidine rings is 1. The Labute approximate surface area is 180 Å². The van der Waals surface area contributed by atoms with Crippen molar-refractivity contribution >= 4 is 23.2 Å². The van der Waals surface area contributed by atoms with Crippen LogP contribution in [0.1, 0.15) is 50.6 Å². The maximum Gasteiger partial charge on any atom is 0.490 e. The molecule has 3 atom stereocenters. The van der Waals surface area contributed by atoms with Gasteiger partial charge in [0.15, 0.2) is 0 Å². The molecule has 1 N–H and O–H groups in total. The maximum absolute atomic E-state index is 12.6. The van der Waals surface area contributed by atoms with E-state index in [9.17, 15) is 18.0 Å². The van der Waals surface area contributed by atoms with E-state index in [1.807, 2.05) is 11.8 Å². The van der Waals surface area contributed by atoms with E-state index in [4.69, 9.17) is 19.2 Å². The maximum atomic E-state index is 12.6. The van der Waals surface area contributed by atoms with Crippen molar-refractivity contribution in [3.8, 4) is 0 Å². The summed E-state index contributed by atoms with van der Waals surface area (Å²) in [5.74, 6) is -1.79. The molecule has 31 heavy (non-hydrogen) atoms.